The van der Waals surface area contributed by atoms with Crippen LogP contribution in [0.4, 0.5) is 0 Å². The second-order valence-corrected chi connectivity index (χ2v) is 10.7. The van der Waals surface area contributed by atoms with Crippen LogP contribution in [0.3, 0.4) is 0 Å². The second kappa shape index (κ2) is 10.9. The average molecular weight is 539 g/mol. The third kappa shape index (κ3) is 4.89. The van der Waals surface area contributed by atoms with Crippen molar-refractivity contribution in [3.63, 3.8) is 0 Å². The molecule has 1 atom stereocenters. The minimum Gasteiger partial charge on any atom is -0.488 e. The zero-order valence-corrected chi connectivity index (χ0v) is 23.2. The van der Waals surface area contributed by atoms with Crippen molar-refractivity contribution in [1.29, 1.82) is 0 Å². The summed E-state index contributed by atoms with van der Waals surface area (Å²) in [5.74, 6) is 0.344. The Balaban J connectivity index is 1.25. The minimum absolute atomic E-state index is 0.0208. The summed E-state index contributed by atoms with van der Waals surface area (Å²) in [7, 11) is 0. The summed E-state index contributed by atoms with van der Waals surface area (Å²) in [6.07, 6.45) is 3.68. The number of rotatable bonds is 7. The van der Waals surface area contributed by atoms with Crippen molar-refractivity contribution >= 4 is 5.97 Å². The molecule has 4 aromatic rings. The normalized spacial score (nSPS) is 17.1. The van der Waals surface area contributed by atoms with E-state index in [1.165, 1.54) is 28.6 Å². The molecule has 8 nitrogen and oxygen atoms in total. The lowest BCUT2D eigenvalue weighted by molar-refractivity contribution is 0.0690. The van der Waals surface area contributed by atoms with E-state index in [1.807, 2.05) is 43.3 Å². The fraction of sp³-hybridized carbons (Fsp3) is 0.344. The molecular weight excluding hydrogens is 504 g/mol. The van der Waals surface area contributed by atoms with Crippen LogP contribution in [0.1, 0.15) is 50.4 Å². The van der Waals surface area contributed by atoms with Crippen LogP contribution in [0.5, 0.6) is 5.75 Å². The van der Waals surface area contributed by atoms with Crippen molar-refractivity contribution in [3.05, 3.63) is 94.1 Å². The number of aromatic nitrogens is 3. The predicted octanol–water partition coefficient (Wildman–Crippen LogP) is 5.28. The maximum Gasteiger partial charge on any atom is 0.356 e. The number of aromatic carboxylic acids is 1. The van der Waals surface area contributed by atoms with Crippen molar-refractivity contribution in [2.45, 2.75) is 52.8 Å². The van der Waals surface area contributed by atoms with E-state index in [1.54, 1.807) is 11.5 Å². The Morgan fingerprint density at radius 2 is 1.98 bits per heavy atom. The summed E-state index contributed by atoms with van der Waals surface area (Å²) in [4.78, 5) is 22.9. The van der Waals surface area contributed by atoms with Gasteiger partial charge in [-0.25, -0.2) is 14.8 Å². The van der Waals surface area contributed by atoms with Gasteiger partial charge in [-0.1, -0.05) is 30.3 Å². The van der Waals surface area contributed by atoms with Gasteiger partial charge >= 0.3 is 5.97 Å². The molecular formula is C32H34N4O4. The van der Waals surface area contributed by atoms with Crippen molar-refractivity contribution in [2.75, 3.05) is 19.8 Å². The van der Waals surface area contributed by atoms with Crippen LogP contribution >= 0.6 is 0 Å². The van der Waals surface area contributed by atoms with E-state index in [-0.39, 0.29) is 5.69 Å². The van der Waals surface area contributed by atoms with Crippen LogP contribution in [-0.2, 0) is 24.3 Å². The first kappa shape index (κ1) is 26.2. The monoisotopic (exact) mass is 538 g/mol. The molecule has 40 heavy (non-hydrogen) atoms. The third-order valence-corrected chi connectivity index (χ3v) is 8.30. The number of carboxylic acids is 1. The molecule has 2 aliphatic heterocycles. The molecule has 1 N–H and O–H groups in total. The summed E-state index contributed by atoms with van der Waals surface area (Å²) >= 11 is 0. The maximum atomic E-state index is 11.5. The molecule has 2 aliphatic rings. The molecule has 0 amide bonds. The van der Waals surface area contributed by atoms with Gasteiger partial charge in [-0.15, -0.1) is 0 Å². The fourth-order valence-electron chi connectivity index (χ4n) is 5.94. The SMILES string of the molecule is Cc1cccc(-c2cccc(-n3cnc(C(=O)O)c3C)n2)c1OCc1ccc2c(c1C)CCN(C1CCOC1)C2. The molecule has 0 aliphatic carbocycles. The predicted molar refractivity (Wildman–Crippen MR) is 152 cm³/mol. The number of nitrogens with zero attached hydrogens (tertiary/aromatic N) is 4. The molecule has 4 heterocycles. The smallest absolute Gasteiger partial charge is 0.356 e. The van der Waals surface area contributed by atoms with Gasteiger partial charge in [-0.05, 0) is 79.6 Å². The van der Waals surface area contributed by atoms with Crippen LogP contribution in [-0.4, -0.2) is 56.3 Å². The Bertz CT molecular complexity index is 1570. The highest BCUT2D eigenvalue weighted by Crippen LogP contribution is 2.34. The molecule has 1 fully saturated rings. The standard InChI is InChI=1S/C32H34N4O4/c1-20-6-4-7-27(28-8-5-9-29(34-28)36-19-33-30(22(36)3)32(37)38)31(20)40-17-24-11-10-23-16-35(25-13-15-39-18-25)14-12-26(23)21(24)2/h4-11,19,25H,12-18H2,1-3H3,(H,37,38). The number of hydrogen-bond donors (Lipinski definition) is 1. The summed E-state index contributed by atoms with van der Waals surface area (Å²) in [5, 5.41) is 9.40. The Hall–Kier alpha value is -4.01. The molecule has 0 bridgehead atoms. The minimum atomic E-state index is -1.06. The van der Waals surface area contributed by atoms with Crippen molar-refractivity contribution < 1.29 is 19.4 Å². The molecule has 0 saturated carbocycles. The Labute approximate surface area is 234 Å². The topological polar surface area (TPSA) is 89.7 Å². The van der Waals surface area contributed by atoms with Gasteiger partial charge in [0.05, 0.1) is 18.0 Å². The molecule has 6 rings (SSSR count). The number of para-hydroxylation sites is 1. The van der Waals surface area contributed by atoms with Crippen LogP contribution in [0, 0.1) is 20.8 Å². The number of benzene rings is 2. The zero-order valence-electron chi connectivity index (χ0n) is 23.2. The zero-order chi connectivity index (χ0) is 27.8. The van der Waals surface area contributed by atoms with Crippen molar-refractivity contribution in [2.24, 2.45) is 0 Å². The molecule has 2 aromatic carbocycles. The number of fused-ring (bicyclic) bond motifs is 1. The van der Waals surface area contributed by atoms with Gasteiger partial charge in [0.2, 0.25) is 0 Å². The highest BCUT2D eigenvalue weighted by atomic mass is 16.5. The summed E-state index contributed by atoms with van der Waals surface area (Å²) in [6.45, 7) is 10.2. The van der Waals surface area contributed by atoms with E-state index >= 15 is 0 Å². The van der Waals surface area contributed by atoms with E-state index in [0.29, 0.717) is 24.2 Å². The first-order valence-corrected chi connectivity index (χ1v) is 13.8. The molecule has 0 spiro atoms. The Morgan fingerprint density at radius 1 is 1.12 bits per heavy atom. The van der Waals surface area contributed by atoms with Crippen LogP contribution in [0.25, 0.3) is 17.1 Å². The Kier molecular flexibility index (Phi) is 7.12. The summed E-state index contributed by atoms with van der Waals surface area (Å²) in [6, 6.07) is 16.8. The van der Waals surface area contributed by atoms with Gasteiger partial charge in [0.1, 0.15) is 24.5 Å². The van der Waals surface area contributed by atoms with E-state index in [9.17, 15) is 9.90 Å². The lowest BCUT2D eigenvalue weighted by Crippen LogP contribution is -2.39. The summed E-state index contributed by atoms with van der Waals surface area (Å²) in [5.41, 5.74) is 8.60. The van der Waals surface area contributed by atoms with Crippen LogP contribution in [0.2, 0.25) is 0 Å². The van der Waals surface area contributed by atoms with Gasteiger partial charge in [-0.2, -0.15) is 0 Å². The Morgan fingerprint density at radius 3 is 2.75 bits per heavy atom. The average Bonchev–Trinajstić information content (AvgIpc) is 3.63. The fourth-order valence-corrected chi connectivity index (χ4v) is 5.94. The van der Waals surface area contributed by atoms with E-state index in [2.05, 4.69) is 28.9 Å². The second-order valence-electron chi connectivity index (χ2n) is 10.7. The number of carboxylic acid groups (broad SMARTS) is 1. The first-order chi connectivity index (χ1) is 19.4. The highest BCUT2D eigenvalue weighted by molar-refractivity contribution is 5.86. The number of hydrogen-bond acceptors (Lipinski definition) is 6. The molecule has 1 saturated heterocycles. The van der Waals surface area contributed by atoms with Crippen molar-refractivity contribution in [1.82, 2.24) is 19.4 Å². The quantitative estimate of drug-likeness (QED) is 0.342. The number of aryl methyl sites for hydroxylation is 1. The van der Waals surface area contributed by atoms with Gasteiger partial charge in [-0.3, -0.25) is 9.47 Å². The van der Waals surface area contributed by atoms with Gasteiger partial charge in [0.25, 0.3) is 0 Å². The lowest BCUT2D eigenvalue weighted by atomic mass is 9.91. The van der Waals surface area contributed by atoms with Gasteiger partial charge < -0.3 is 14.6 Å². The third-order valence-electron chi connectivity index (χ3n) is 8.30. The molecule has 2 aromatic heterocycles. The lowest BCUT2D eigenvalue weighted by Gasteiger charge is -2.34. The summed E-state index contributed by atoms with van der Waals surface area (Å²) < 4.78 is 13.8. The molecule has 1 unspecified atom stereocenters. The largest absolute Gasteiger partial charge is 0.488 e. The van der Waals surface area contributed by atoms with Crippen LogP contribution in [0.15, 0.2) is 54.9 Å². The van der Waals surface area contributed by atoms with Crippen molar-refractivity contribution in [3.8, 4) is 22.8 Å². The molecule has 206 valence electrons. The molecule has 0 radical (unpaired) electrons. The van der Waals surface area contributed by atoms with Crippen LogP contribution < -0.4 is 4.74 Å². The number of imidazole rings is 1. The highest BCUT2D eigenvalue weighted by Gasteiger charge is 2.27. The van der Waals surface area contributed by atoms with E-state index in [0.717, 1.165) is 61.7 Å². The number of ether oxygens (including phenoxy) is 2. The number of carbonyl (C=O) groups is 1. The number of pyridine rings is 1. The van der Waals surface area contributed by atoms with E-state index in [4.69, 9.17) is 14.5 Å². The van der Waals surface area contributed by atoms with E-state index < -0.39 is 5.97 Å². The molecule has 8 heteroatoms. The van der Waals surface area contributed by atoms with Gasteiger partial charge in [0, 0.05) is 31.3 Å². The maximum absolute atomic E-state index is 11.5. The van der Waals surface area contributed by atoms with Gasteiger partial charge in [0.15, 0.2) is 5.69 Å². The first-order valence-electron chi connectivity index (χ1n) is 13.8.